The van der Waals surface area contributed by atoms with Crippen molar-refractivity contribution in [2.75, 3.05) is 0 Å². The van der Waals surface area contributed by atoms with E-state index >= 15 is 0 Å². The predicted octanol–water partition coefficient (Wildman–Crippen LogP) is 12.6. The first-order valence-corrected chi connectivity index (χ1v) is 38.8. The number of fused-ring (bicyclic) bond motifs is 4. The Hall–Kier alpha value is -2.71. The zero-order valence-corrected chi connectivity index (χ0v) is 39.1. The van der Waals surface area contributed by atoms with Gasteiger partial charge in [-0.3, -0.25) is 0 Å². The first kappa shape index (κ1) is 39.0. The molecule has 0 aliphatic heterocycles. The van der Waals surface area contributed by atoms with Crippen molar-refractivity contribution in [1.82, 2.24) is 9.97 Å². The van der Waals surface area contributed by atoms with E-state index in [2.05, 4.69) is 153 Å². The van der Waals surface area contributed by atoms with Crippen LogP contribution in [0.2, 0.25) is 48.5 Å². The van der Waals surface area contributed by atoms with Gasteiger partial charge in [0.2, 0.25) is 0 Å². The van der Waals surface area contributed by atoms with Gasteiger partial charge in [0.15, 0.2) is 0 Å². The van der Waals surface area contributed by atoms with Crippen molar-refractivity contribution < 1.29 is 17.4 Å². The molecule has 0 saturated carbocycles. The molecule has 4 aromatic carbocycles. The molecule has 52 heavy (non-hydrogen) atoms. The first-order chi connectivity index (χ1) is 23.6. The molecule has 8 rings (SSSR count). The number of rotatable bonds is 6. The number of allylic oxidation sites excluding steroid dienone is 2. The molecule has 0 bridgehead atoms. The van der Waals surface area contributed by atoms with Gasteiger partial charge in [-0.2, -0.15) is 0 Å². The zero-order chi connectivity index (χ0) is 35.2. The van der Waals surface area contributed by atoms with Crippen LogP contribution in [0.5, 0.6) is 0 Å². The fraction of sp³-hybridized carbons (Fsp3) is 0.227. The van der Waals surface area contributed by atoms with Crippen LogP contribution in [0.3, 0.4) is 0 Å². The van der Waals surface area contributed by atoms with Crippen LogP contribution in [0.25, 0.3) is 56.2 Å². The molecule has 2 unspecified atom stereocenters. The van der Waals surface area contributed by atoms with E-state index in [-0.39, 0.29) is 24.8 Å². The maximum Gasteiger partial charge on any atom is -0.147 e. The molecule has 2 aliphatic carbocycles. The van der Waals surface area contributed by atoms with Gasteiger partial charge in [0.25, 0.3) is 0 Å². The fourth-order valence-electron chi connectivity index (χ4n) is 9.27. The van der Waals surface area contributed by atoms with E-state index in [1.165, 1.54) is 44.2 Å². The fourth-order valence-corrected chi connectivity index (χ4v) is 44.6. The summed E-state index contributed by atoms with van der Waals surface area (Å²) >= 11 is -3.89. The monoisotopic (exact) mass is 850 g/mol. The Morgan fingerprint density at radius 1 is 0.538 bits per heavy atom. The summed E-state index contributed by atoms with van der Waals surface area (Å²) in [5, 5.41) is 5.90. The maximum atomic E-state index is 4.86. The summed E-state index contributed by atoms with van der Waals surface area (Å²) in [6, 6.07) is 36.4. The molecule has 0 fully saturated rings. The van der Waals surface area contributed by atoms with Crippen molar-refractivity contribution in [3.8, 4) is 22.3 Å². The Morgan fingerprint density at radius 2 is 0.923 bits per heavy atom. The van der Waals surface area contributed by atoms with Gasteiger partial charge in [0.05, 0.1) is 0 Å². The summed E-state index contributed by atoms with van der Waals surface area (Å²) in [7, 11) is -3.40. The first-order valence-electron chi connectivity index (χ1n) is 18.1. The van der Waals surface area contributed by atoms with Crippen LogP contribution < -0.4 is 0 Å². The van der Waals surface area contributed by atoms with Crippen LogP contribution >= 0.6 is 24.8 Å². The smallest absolute Gasteiger partial charge is 0.147 e. The van der Waals surface area contributed by atoms with Crippen molar-refractivity contribution in [2.45, 2.75) is 55.8 Å². The Labute approximate surface area is 326 Å². The maximum absolute atomic E-state index is 4.86. The quantitative estimate of drug-likeness (QED) is 0.156. The van der Waals surface area contributed by atoms with Crippen molar-refractivity contribution in [2.24, 2.45) is 0 Å². The van der Waals surface area contributed by atoms with Crippen LogP contribution in [0.15, 0.2) is 120 Å². The van der Waals surface area contributed by atoms with Crippen LogP contribution in [-0.4, -0.2) is 33.0 Å². The predicted molar refractivity (Wildman–Crippen MR) is 237 cm³/mol. The van der Waals surface area contributed by atoms with Crippen molar-refractivity contribution in [1.29, 1.82) is 0 Å². The number of hydrogen-bond donors (Lipinski definition) is 0. The van der Waals surface area contributed by atoms with E-state index in [0.29, 0.717) is 7.25 Å². The van der Waals surface area contributed by atoms with Gasteiger partial charge >= 0.3 is 305 Å². The number of halogens is 2. The van der Waals surface area contributed by atoms with Gasteiger partial charge in [-0.25, -0.2) is 0 Å². The molecule has 0 spiro atoms. The van der Waals surface area contributed by atoms with Crippen molar-refractivity contribution in [3.63, 3.8) is 0 Å². The SMILES string of the molecule is C[Si](C)(C)C1=Cc2ccc(-c3cccc4cccnc34)cc2[CH]1[Zr]([CH3])([CH3])(=[SiH2])[CH]1C([Si](C)(C)C)=Cc2ccc(-c3cccc4cccnc34)cc21.Cl.Cl. The van der Waals surface area contributed by atoms with E-state index in [0.717, 1.165) is 11.0 Å². The second-order valence-electron chi connectivity index (χ2n) is 18.0. The Morgan fingerprint density at radius 3 is 1.31 bits per heavy atom. The van der Waals surface area contributed by atoms with Crippen LogP contribution in [-0.2, 0) is 17.4 Å². The summed E-state index contributed by atoms with van der Waals surface area (Å²) in [5.41, 5.74) is 13.2. The molecular formula is C44H50Cl2N2Si3Zr. The standard InChI is InChI=1S/2C21H20NSi.2CH3.2ClH.H2Si.Zr/c2*1-23(2,3)19-13-16-9-10-17(12-18(16)14-19)20-8-4-6-15-7-5-11-22-21(15)20;;;;;;/h2*4-14H,1-3H3;2*1H3;2*1H;1H2;. The van der Waals surface area contributed by atoms with E-state index in [1.54, 1.807) is 21.5 Å². The average Bonchev–Trinajstić information content (AvgIpc) is 3.68. The summed E-state index contributed by atoms with van der Waals surface area (Å²) in [6.07, 6.45) is 9.13. The Bertz CT molecular complexity index is 2340. The molecule has 2 aliphatic rings. The van der Waals surface area contributed by atoms with Crippen molar-refractivity contribution >= 4 is 81.8 Å². The number of aromatic nitrogens is 2. The van der Waals surface area contributed by atoms with Gasteiger partial charge in [-0.05, 0) is 0 Å². The minimum atomic E-state index is -3.89. The second kappa shape index (κ2) is 13.5. The number of para-hydroxylation sites is 2. The third-order valence-corrected chi connectivity index (χ3v) is 34.5. The number of benzene rings is 4. The van der Waals surface area contributed by atoms with E-state index in [1.807, 2.05) is 24.5 Å². The topological polar surface area (TPSA) is 25.8 Å². The summed E-state index contributed by atoms with van der Waals surface area (Å²) in [6.45, 7) is 17.9. The van der Waals surface area contributed by atoms with Crippen LogP contribution in [0, 0.1) is 0 Å². The van der Waals surface area contributed by atoms with Gasteiger partial charge < -0.3 is 0 Å². The molecule has 2 heterocycles. The normalized spacial score (nSPS) is 17.2. The molecular weight excluding hydrogens is 803 g/mol. The number of hydrogen-bond acceptors (Lipinski definition) is 2. The molecule has 2 aromatic heterocycles. The minimum Gasteiger partial charge on any atom is -0.147 e. The molecule has 266 valence electrons. The number of nitrogens with zero attached hydrogens (tertiary/aromatic N) is 2. The largest absolute Gasteiger partial charge is 0.147 e. The van der Waals surface area contributed by atoms with Gasteiger partial charge in [0.1, 0.15) is 0 Å². The zero-order valence-electron chi connectivity index (χ0n) is 31.6. The summed E-state index contributed by atoms with van der Waals surface area (Å²) < 4.78 is 6.61. The molecule has 2 atom stereocenters. The molecule has 0 N–H and O–H groups in total. The average molecular weight is 853 g/mol. The minimum absolute atomic E-state index is 0. The second-order valence-corrected chi connectivity index (χ2v) is 58.6. The van der Waals surface area contributed by atoms with E-state index < -0.39 is 33.5 Å². The molecule has 0 radical (unpaired) electrons. The van der Waals surface area contributed by atoms with Gasteiger partial charge in [-0.15, -0.1) is 24.8 Å². The van der Waals surface area contributed by atoms with E-state index in [9.17, 15) is 0 Å². The summed E-state index contributed by atoms with van der Waals surface area (Å²) in [5.74, 6) is 0. The summed E-state index contributed by atoms with van der Waals surface area (Å²) in [4.78, 5) is 9.73. The number of pyridine rings is 2. The van der Waals surface area contributed by atoms with Crippen molar-refractivity contribution in [3.05, 3.63) is 142 Å². The van der Waals surface area contributed by atoms with Crippen LogP contribution in [0.4, 0.5) is 0 Å². The molecule has 2 nitrogen and oxygen atoms in total. The third kappa shape index (κ3) is 6.46. The molecule has 6 aromatic rings. The Kier molecular flexibility index (Phi) is 10.2. The molecule has 0 saturated heterocycles. The molecule has 8 heteroatoms. The van der Waals surface area contributed by atoms with Crippen LogP contribution in [0.1, 0.15) is 29.5 Å². The third-order valence-electron chi connectivity index (χ3n) is 11.6. The van der Waals surface area contributed by atoms with Gasteiger partial charge in [-0.1, -0.05) is 0 Å². The Balaban J connectivity index is 0.00000232. The van der Waals surface area contributed by atoms with E-state index in [4.69, 9.17) is 9.97 Å². The van der Waals surface area contributed by atoms with Gasteiger partial charge in [0, 0.05) is 0 Å². The molecule has 0 amide bonds.